The van der Waals surface area contributed by atoms with Gasteiger partial charge in [-0.3, -0.25) is 0 Å². The normalized spacial score (nSPS) is 23.2. The Morgan fingerprint density at radius 3 is 2.95 bits per heavy atom. The molecule has 1 aliphatic carbocycles. The zero-order chi connectivity index (χ0) is 13.1. The summed E-state index contributed by atoms with van der Waals surface area (Å²) in [5.74, 6) is 1.69. The van der Waals surface area contributed by atoms with Crippen molar-refractivity contribution in [3.8, 4) is 5.82 Å². The summed E-state index contributed by atoms with van der Waals surface area (Å²) >= 11 is 0. The Kier molecular flexibility index (Phi) is 3.49. The quantitative estimate of drug-likeness (QED) is 0.916. The molecule has 0 bridgehead atoms. The minimum atomic E-state index is 0.598. The molecule has 0 saturated heterocycles. The monoisotopic (exact) mass is 256 g/mol. The number of anilines is 1. The molecular weight excluding hydrogens is 236 g/mol. The van der Waals surface area contributed by atoms with Gasteiger partial charge in [-0.25, -0.2) is 9.67 Å². The second-order valence-electron chi connectivity index (χ2n) is 5.47. The lowest BCUT2D eigenvalue weighted by Crippen LogP contribution is -2.26. The molecule has 2 aromatic heterocycles. The van der Waals surface area contributed by atoms with Crippen LogP contribution in [0.2, 0.25) is 0 Å². The number of hydrogen-bond acceptors (Lipinski definition) is 3. The second-order valence-corrected chi connectivity index (χ2v) is 5.47. The summed E-state index contributed by atoms with van der Waals surface area (Å²) in [5, 5.41) is 7.77. The number of nitrogens with zero attached hydrogens (tertiary/aromatic N) is 3. The maximum atomic E-state index is 4.44. The summed E-state index contributed by atoms with van der Waals surface area (Å²) < 4.78 is 1.77. The van der Waals surface area contributed by atoms with Crippen molar-refractivity contribution in [2.24, 2.45) is 5.92 Å². The third-order valence-electron chi connectivity index (χ3n) is 3.79. The van der Waals surface area contributed by atoms with Crippen LogP contribution in [0.1, 0.15) is 32.6 Å². The number of aromatic nitrogens is 3. The molecule has 0 amide bonds. The summed E-state index contributed by atoms with van der Waals surface area (Å²) in [4.78, 5) is 4.44. The van der Waals surface area contributed by atoms with Crippen molar-refractivity contribution < 1.29 is 0 Å². The van der Waals surface area contributed by atoms with E-state index >= 15 is 0 Å². The molecule has 0 spiro atoms. The maximum absolute atomic E-state index is 4.44. The molecule has 4 heteroatoms. The predicted octanol–water partition coefficient (Wildman–Crippen LogP) is 3.26. The first-order valence-corrected chi connectivity index (χ1v) is 7.04. The van der Waals surface area contributed by atoms with Crippen LogP contribution in [0, 0.1) is 5.92 Å². The van der Waals surface area contributed by atoms with Crippen LogP contribution >= 0.6 is 0 Å². The number of pyridine rings is 1. The maximum Gasteiger partial charge on any atom is 0.153 e. The van der Waals surface area contributed by atoms with E-state index in [4.69, 9.17) is 0 Å². The highest BCUT2D eigenvalue weighted by atomic mass is 15.3. The van der Waals surface area contributed by atoms with E-state index < -0.39 is 0 Å². The van der Waals surface area contributed by atoms with E-state index in [0.717, 1.165) is 17.4 Å². The van der Waals surface area contributed by atoms with Crippen molar-refractivity contribution in [2.75, 3.05) is 5.32 Å². The topological polar surface area (TPSA) is 42.7 Å². The molecule has 2 unspecified atom stereocenters. The third kappa shape index (κ3) is 2.95. The smallest absolute Gasteiger partial charge is 0.153 e. The summed E-state index contributed by atoms with van der Waals surface area (Å²) in [6, 6.07) is 6.59. The molecular formula is C15H20N4. The number of rotatable bonds is 3. The van der Waals surface area contributed by atoms with E-state index in [0.29, 0.717) is 6.04 Å². The van der Waals surface area contributed by atoms with Gasteiger partial charge in [-0.2, -0.15) is 5.10 Å². The van der Waals surface area contributed by atoms with Gasteiger partial charge in [0.05, 0.1) is 11.9 Å². The van der Waals surface area contributed by atoms with Crippen molar-refractivity contribution in [2.45, 2.75) is 38.6 Å². The standard InChI is InChI=1S/C15H20N4/c1-12-4-2-5-13(10-12)18-14-6-7-15(16-11-14)19-9-3-8-17-19/h3,6-9,11-13,18H,2,4-5,10H2,1H3. The van der Waals surface area contributed by atoms with Crippen LogP contribution in [-0.2, 0) is 0 Å². The highest BCUT2D eigenvalue weighted by Gasteiger charge is 2.18. The van der Waals surface area contributed by atoms with E-state index in [1.54, 1.807) is 10.9 Å². The highest BCUT2D eigenvalue weighted by molar-refractivity contribution is 5.44. The molecule has 1 N–H and O–H groups in total. The molecule has 2 aromatic rings. The number of hydrogen-bond donors (Lipinski definition) is 1. The van der Waals surface area contributed by atoms with Crippen LogP contribution in [0.3, 0.4) is 0 Å². The molecule has 100 valence electrons. The molecule has 4 nitrogen and oxygen atoms in total. The zero-order valence-electron chi connectivity index (χ0n) is 11.3. The molecule has 1 saturated carbocycles. The largest absolute Gasteiger partial charge is 0.381 e. The molecule has 2 atom stereocenters. The van der Waals surface area contributed by atoms with Crippen LogP contribution in [0.5, 0.6) is 0 Å². The van der Waals surface area contributed by atoms with Gasteiger partial charge < -0.3 is 5.32 Å². The van der Waals surface area contributed by atoms with E-state index in [1.807, 2.05) is 24.5 Å². The summed E-state index contributed by atoms with van der Waals surface area (Å²) in [6.45, 7) is 2.34. The molecule has 1 fully saturated rings. The predicted molar refractivity (Wildman–Crippen MR) is 76.4 cm³/mol. The lowest BCUT2D eigenvalue weighted by atomic mass is 9.87. The average Bonchev–Trinajstić information content (AvgIpc) is 2.94. The van der Waals surface area contributed by atoms with Gasteiger partial charge in [-0.15, -0.1) is 0 Å². The Morgan fingerprint density at radius 1 is 1.32 bits per heavy atom. The second kappa shape index (κ2) is 5.43. The number of nitrogens with one attached hydrogen (secondary N) is 1. The Bertz CT molecular complexity index is 503. The average molecular weight is 256 g/mol. The van der Waals surface area contributed by atoms with Gasteiger partial charge in [-0.05, 0) is 37.0 Å². The summed E-state index contributed by atoms with van der Waals surface area (Å²) in [7, 11) is 0. The SMILES string of the molecule is CC1CCCC(Nc2ccc(-n3cccn3)nc2)C1. The third-order valence-corrected chi connectivity index (χ3v) is 3.79. The van der Waals surface area contributed by atoms with Crippen molar-refractivity contribution in [1.29, 1.82) is 0 Å². The summed E-state index contributed by atoms with van der Waals surface area (Å²) in [5.41, 5.74) is 1.11. The van der Waals surface area contributed by atoms with Crippen molar-refractivity contribution >= 4 is 5.69 Å². The highest BCUT2D eigenvalue weighted by Crippen LogP contribution is 2.26. The van der Waals surface area contributed by atoms with Gasteiger partial charge in [0.25, 0.3) is 0 Å². The lowest BCUT2D eigenvalue weighted by molar-refractivity contribution is 0.358. The molecule has 1 aliphatic rings. The van der Waals surface area contributed by atoms with Crippen molar-refractivity contribution in [3.63, 3.8) is 0 Å². The Balaban J connectivity index is 1.66. The van der Waals surface area contributed by atoms with E-state index in [-0.39, 0.29) is 0 Å². The van der Waals surface area contributed by atoms with Crippen molar-refractivity contribution in [1.82, 2.24) is 14.8 Å². The first kappa shape index (κ1) is 12.2. The summed E-state index contributed by atoms with van der Waals surface area (Å²) in [6.07, 6.45) is 10.8. The minimum Gasteiger partial charge on any atom is -0.381 e. The molecule has 19 heavy (non-hydrogen) atoms. The Morgan fingerprint density at radius 2 is 2.26 bits per heavy atom. The fourth-order valence-electron chi connectivity index (χ4n) is 2.81. The van der Waals surface area contributed by atoms with Gasteiger partial charge in [0.2, 0.25) is 0 Å². The Hall–Kier alpha value is -1.84. The molecule has 0 aliphatic heterocycles. The van der Waals surface area contributed by atoms with E-state index in [9.17, 15) is 0 Å². The van der Waals surface area contributed by atoms with Crippen LogP contribution in [0.25, 0.3) is 5.82 Å². The van der Waals surface area contributed by atoms with Gasteiger partial charge in [0.15, 0.2) is 5.82 Å². The van der Waals surface area contributed by atoms with Crippen LogP contribution in [0.4, 0.5) is 5.69 Å². The molecule has 0 aromatic carbocycles. The molecule has 3 rings (SSSR count). The van der Waals surface area contributed by atoms with Gasteiger partial charge >= 0.3 is 0 Å². The van der Waals surface area contributed by atoms with Gasteiger partial charge in [0, 0.05) is 18.4 Å². The molecule has 0 radical (unpaired) electrons. The van der Waals surface area contributed by atoms with Crippen LogP contribution in [-0.4, -0.2) is 20.8 Å². The Labute approximate surface area is 113 Å². The van der Waals surface area contributed by atoms with E-state index in [2.05, 4.69) is 28.4 Å². The first-order valence-electron chi connectivity index (χ1n) is 7.04. The minimum absolute atomic E-state index is 0.598. The van der Waals surface area contributed by atoms with Gasteiger partial charge in [-0.1, -0.05) is 19.8 Å². The zero-order valence-corrected chi connectivity index (χ0v) is 11.3. The van der Waals surface area contributed by atoms with E-state index in [1.165, 1.54) is 25.7 Å². The van der Waals surface area contributed by atoms with Gasteiger partial charge in [0.1, 0.15) is 0 Å². The lowest BCUT2D eigenvalue weighted by Gasteiger charge is -2.28. The fraction of sp³-hybridized carbons (Fsp3) is 0.467. The molecule has 2 heterocycles. The van der Waals surface area contributed by atoms with Crippen molar-refractivity contribution in [3.05, 3.63) is 36.8 Å². The van der Waals surface area contributed by atoms with Crippen LogP contribution in [0.15, 0.2) is 36.8 Å². The fourth-order valence-corrected chi connectivity index (χ4v) is 2.81. The first-order chi connectivity index (χ1) is 9.31. The van der Waals surface area contributed by atoms with Crippen LogP contribution < -0.4 is 5.32 Å².